The molecular weight excluding hydrogens is 134 g/mol. The summed E-state index contributed by atoms with van der Waals surface area (Å²) < 4.78 is 0. The zero-order valence-corrected chi connectivity index (χ0v) is 6.18. The summed E-state index contributed by atoms with van der Waals surface area (Å²) in [4.78, 5) is 18.9. The van der Waals surface area contributed by atoms with Gasteiger partial charge in [-0.2, -0.15) is 0 Å². The average molecular weight is 151 g/mol. The molecular formula is C5H17N3O2. The molecule has 0 atom stereocenters. The molecule has 0 fully saturated rings. The van der Waals surface area contributed by atoms with Crippen LogP contribution in [-0.2, 0) is 9.59 Å². The summed E-state index contributed by atoms with van der Waals surface area (Å²) in [5.41, 5.74) is 8.64. The molecule has 0 saturated carbocycles. The van der Waals surface area contributed by atoms with Gasteiger partial charge in [0, 0.05) is 2.85 Å². The maximum absolute atomic E-state index is 9.45. The molecule has 0 spiro atoms. The fourth-order valence-corrected chi connectivity index (χ4v) is 0. The van der Waals surface area contributed by atoms with Gasteiger partial charge in [-0.25, -0.2) is 0 Å². The Balaban J connectivity index is -0.0000000241. The van der Waals surface area contributed by atoms with E-state index >= 15 is 0 Å². The summed E-state index contributed by atoms with van der Waals surface area (Å²) >= 11 is 0. The molecule has 0 aliphatic carbocycles. The molecule has 0 aromatic heterocycles. The van der Waals surface area contributed by atoms with Gasteiger partial charge in [-0.15, -0.1) is 0 Å². The van der Waals surface area contributed by atoms with E-state index in [0.717, 1.165) is 0 Å². The highest BCUT2D eigenvalue weighted by molar-refractivity contribution is 6.33. The van der Waals surface area contributed by atoms with Crippen molar-refractivity contribution >= 4 is 18.5 Å². The molecule has 0 rings (SSSR count). The van der Waals surface area contributed by atoms with Gasteiger partial charge in [0.15, 0.2) is 0 Å². The SMILES string of the molecule is C=N.CC.NC(=O)C(N)=O.[HH].[HH]. The van der Waals surface area contributed by atoms with E-state index in [1.165, 1.54) is 0 Å². The summed E-state index contributed by atoms with van der Waals surface area (Å²) in [7, 11) is 0. The Kier molecular flexibility index (Phi) is 24.8. The fraction of sp³-hybridized carbons (Fsp3) is 0.400. The van der Waals surface area contributed by atoms with Gasteiger partial charge in [-0.3, -0.25) is 9.59 Å². The molecule has 0 heterocycles. The second kappa shape index (κ2) is 15.6. The topological polar surface area (TPSA) is 110 Å². The van der Waals surface area contributed by atoms with E-state index in [4.69, 9.17) is 5.41 Å². The van der Waals surface area contributed by atoms with E-state index in [-0.39, 0.29) is 2.85 Å². The lowest BCUT2D eigenvalue weighted by atomic mass is 10.6. The van der Waals surface area contributed by atoms with Crippen molar-refractivity contribution in [3.63, 3.8) is 0 Å². The fourth-order valence-electron chi connectivity index (χ4n) is 0. The lowest BCUT2D eigenvalue weighted by Gasteiger charge is -1.75. The van der Waals surface area contributed by atoms with Crippen molar-refractivity contribution in [1.29, 1.82) is 5.41 Å². The van der Waals surface area contributed by atoms with Gasteiger partial charge < -0.3 is 16.9 Å². The highest BCUT2D eigenvalue weighted by atomic mass is 16.2. The highest BCUT2D eigenvalue weighted by Crippen LogP contribution is 1.44. The third-order valence-corrected chi connectivity index (χ3v) is 0.243. The molecule has 0 unspecified atom stereocenters. The lowest BCUT2D eigenvalue weighted by Crippen LogP contribution is -2.29. The van der Waals surface area contributed by atoms with Crippen LogP contribution in [0.3, 0.4) is 0 Å². The van der Waals surface area contributed by atoms with Gasteiger partial charge in [-0.05, 0) is 6.72 Å². The van der Waals surface area contributed by atoms with Crippen LogP contribution in [0.25, 0.3) is 0 Å². The second-order valence-corrected chi connectivity index (χ2v) is 0.729. The van der Waals surface area contributed by atoms with Gasteiger partial charge in [0.1, 0.15) is 0 Å². The Morgan fingerprint density at radius 2 is 1.30 bits per heavy atom. The van der Waals surface area contributed by atoms with Crippen LogP contribution in [0.1, 0.15) is 16.7 Å². The summed E-state index contributed by atoms with van der Waals surface area (Å²) in [5.74, 6) is -2.20. The van der Waals surface area contributed by atoms with Crippen LogP contribution in [0.2, 0.25) is 0 Å². The minimum absolute atomic E-state index is 0. The zero-order chi connectivity index (χ0) is 9.15. The molecule has 0 aliphatic rings. The Bertz CT molecular complexity index is 98.9. The van der Waals surface area contributed by atoms with Crippen LogP contribution in [0.5, 0.6) is 0 Å². The number of hydrogen-bond acceptors (Lipinski definition) is 3. The van der Waals surface area contributed by atoms with Crippen LogP contribution in [0, 0.1) is 5.41 Å². The van der Waals surface area contributed by atoms with Gasteiger partial charge in [-0.1, -0.05) is 13.8 Å². The third kappa shape index (κ3) is 30.5. The van der Waals surface area contributed by atoms with Crippen molar-refractivity contribution in [3.8, 4) is 0 Å². The maximum Gasteiger partial charge on any atom is 0.306 e. The monoisotopic (exact) mass is 151 g/mol. The van der Waals surface area contributed by atoms with Gasteiger partial charge >= 0.3 is 11.8 Å². The third-order valence-electron chi connectivity index (χ3n) is 0.243. The number of amides is 2. The Morgan fingerprint density at radius 1 is 1.20 bits per heavy atom. The summed E-state index contributed by atoms with van der Waals surface area (Å²) in [6.07, 6.45) is 0. The first-order valence-electron chi connectivity index (χ1n) is 2.59. The Hall–Kier alpha value is -1.39. The van der Waals surface area contributed by atoms with E-state index in [9.17, 15) is 9.59 Å². The number of hydrogen-bond donors (Lipinski definition) is 3. The predicted octanol–water partition coefficient (Wildman–Crippen LogP) is -0.259. The van der Waals surface area contributed by atoms with Gasteiger partial charge in [0.25, 0.3) is 0 Å². The smallest absolute Gasteiger partial charge is 0.306 e. The molecule has 0 aromatic rings. The van der Waals surface area contributed by atoms with Crippen LogP contribution < -0.4 is 11.5 Å². The van der Waals surface area contributed by atoms with E-state index < -0.39 is 11.8 Å². The first kappa shape index (κ1) is 15.8. The number of nitrogens with two attached hydrogens (primary N) is 2. The van der Waals surface area contributed by atoms with E-state index in [1.807, 2.05) is 13.8 Å². The highest BCUT2D eigenvalue weighted by Gasteiger charge is 1.96. The number of carbonyl (C=O) groups is 2. The minimum Gasteiger partial charge on any atom is -0.361 e. The van der Waals surface area contributed by atoms with Gasteiger partial charge in [0.05, 0.1) is 0 Å². The Morgan fingerprint density at radius 3 is 1.30 bits per heavy atom. The van der Waals surface area contributed by atoms with Crippen LogP contribution in [-0.4, -0.2) is 18.5 Å². The van der Waals surface area contributed by atoms with E-state index in [1.54, 1.807) is 0 Å². The minimum atomic E-state index is -1.10. The molecule has 5 nitrogen and oxygen atoms in total. The summed E-state index contributed by atoms with van der Waals surface area (Å²) in [6.45, 7) is 6.50. The second-order valence-electron chi connectivity index (χ2n) is 0.729. The molecule has 0 aromatic carbocycles. The van der Waals surface area contributed by atoms with Crippen molar-refractivity contribution in [2.24, 2.45) is 11.5 Å². The molecule has 10 heavy (non-hydrogen) atoms. The van der Waals surface area contributed by atoms with Crippen molar-refractivity contribution in [3.05, 3.63) is 0 Å². The molecule has 64 valence electrons. The standard InChI is InChI=1S/C2H4N2O2.C2H6.CH3N.2H2/c3-1(5)2(4)6;2*1-2;;/h(H2,3,5)(H2,4,6);1-2H3;2H,1H2;2*1H. The van der Waals surface area contributed by atoms with Crippen LogP contribution in [0.4, 0.5) is 0 Å². The quantitative estimate of drug-likeness (QED) is 0.327. The predicted molar refractivity (Wildman–Crippen MR) is 43.8 cm³/mol. The molecule has 0 radical (unpaired) electrons. The number of nitrogens with one attached hydrogen (secondary N) is 1. The van der Waals surface area contributed by atoms with Crippen molar-refractivity contribution in [1.82, 2.24) is 0 Å². The first-order valence-corrected chi connectivity index (χ1v) is 2.59. The average Bonchev–Trinajstić information content (AvgIpc) is 1.96. The van der Waals surface area contributed by atoms with Crippen LogP contribution >= 0.6 is 0 Å². The molecule has 0 aliphatic heterocycles. The van der Waals surface area contributed by atoms with Crippen molar-refractivity contribution in [2.75, 3.05) is 0 Å². The van der Waals surface area contributed by atoms with Gasteiger partial charge in [0.2, 0.25) is 0 Å². The van der Waals surface area contributed by atoms with E-state index in [0.29, 0.717) is 0 Å². The van der Waals surface area contributed by atoms with Crippen molar-refractivity contribution < 1.29 is 12.4 Å². The van der Waals surface area contributed by atoms with E-state index in [2.05, 4.69) is 18.2 Å². The summed E-state index contributed by atoms with van der Waals surface area (Å²) in [5, 5.41) is 5.50. The first-order chi connectivity index (χ1) is 4.64. The van der Waals surface area contributed by atoms with Crippen molar-refractivity contribution in [2.45, 2.75) is 13.8 Å². The molecule has 2 amide bonds. The lowest BCUT2D eigenvalue weighted by molar-refractivity contribution is -0.135. The van der Waals surface area contributed by atoms with Crippen LogP contribution in [0.15, 0.2) is 0 Å². The summed E-state index contributed by atoms with van der Waals surface area (Å²) in [6, 6.07) is 0. The molecule has 0 saturated heterocycles. The number of carbonyl (C=O) groups excluding carboxylic acids is 2. The normalized spacial score (nSPS) is 5.40. The Labute approximate surface area is 62.9 Å². The largest absolute Gasteiger partial charge is 0.361 e. The molecule has 5 heteroatoms. The molecule has 0 bridgehead atoms. The molecule has 5 N–H and O–H groups in total. The maximum atomic E-state index is 9.45. The number of rotatable bonds is 0. The zero-order valence-electron chi connectivity index (χ0n) is 6.18. The number of primary amides is 2.